The lowest BCUT2D eigenvalue weighted by Gasteiger charge is -2.35. The van der Waals surface area contributed by atoms with Crippen LogP contribution in [0, 0.1) is 11.7 Å². The number of halogens is 1. The second-order valence-electron chi connectivity index (χ2n) is 7.37. The first-order valence-corrected chi connectivity index (χ1v) is 9.77. The number of fused-ring (bicyclic) bond motifs is 1. The first-order chi connectivity index (χ1) is 14.0. The summed E-state index contributed by atoms with van der Waals surface area (Å²) in [6.07, 6.45) is 7.31. The van der Waals surface area contributed by atoms with Crippen molar-refractivity contribution in [1.82, 2.24) is 9.97 Å². The van der Waals surface area contributed by atoms with Crippen LogP contribution in [0.1, 0.15) is 19.8 Å². The Labute approximate surface area is 169 Å². The van der Waals surface area contributed by atoms with E-state index in [9.17, 15) is 9.18 Å². The molecule has 1 N–H and O–H groups in total. The number of benzene rings is 1. The topological polar surface area (TPSA) is 70.6 Å². The molecule has 1 aromatic heterocycles. The molecule has 1 fully saturated rings. The third-order valence-corrected chi connectivity index (χ3v) is 5.27. The molecule has 0 bridgehead atoms. The van der Waals surface area contributed by atoms with Crippen molar-refractivity contribution in [3.05, 3.63) is 48.6 Å². The highest BCUT2D eigenvalue weighted by Crippen LogP contribution is 2.33. The first-order valence-electron chi connectivity index (χ1n) is 9.77. The van der Waals surface area contributed by atoms with E-state index in [1.807, 2.05) is 24.9 Å². The number of carbonyl (C=O) groups is 1. The fourth-order valence-electron chi connectivity index (χ4n) is 3.61. The van der Waals surface area contributed by atoms with Gasteiger partial charge in [0.15, 0.2) is 5.82 Å². The average molecular weight is 397 g/mol. The minimum Gasteiger partial charge on any atom is -0.465 e. The van der Waals surface area contributed by atoms with E-state index >= 15 is 0 Å². The molecule has 1 amide bonds. The monoisotopic (exact) mass is 397 g/mol. The smallest absolute Gasteiger partial charge is 0.246 e. The summed E-state index contributed by atoms with van der Waals surface area (Å²) >= 11 is 0. The summed E-state index contributed by atoms with van der Waals surface area (Å²) in [5, 5.41) is 3.37. The molecule has 0 spiro atoms. The van der Waals surface area contributed by atoms with Crippen LogP contribution in [0.15, 0.2) is 42.8 Å². The molecule has 1 aliphatic heterocycles. The van der Waals surface area contributed by atoms with Crippen molar-refractivity contribution in [2.45, 2.75) is 25.8 Å². The normalized spacial score (nSPS) is 21.1. The maximum absolute atomic E-state index is 12.9. The summed E-state index contributed by atoms with van der Waals surface area (Å²) in [7, 11) is 1.87. The lowest BCUT2D eigenvalue weighted by Crippen LogP contribution is -2.45. The maximum atomic E-state index is 12.9. The molecule has 0 radical (unpaired) electrons. The van der Waals surface area contributed by atoms with Crippen molar-refractivity contribution in [2.24, 2.45) is 5.92 Å². The summed E-state index contributed by atoms with van der Waals surface area (Å²) in [5.74, 6) is 2.16. The SMILES string of the molecule is CCN1C(=O)CN(C)c2nc(NC3CC(/C=C\Oc4ccc(F)cc4)C3)ncc21. The van der Waals surface area contributed by atoms with E-state index in [-0.39, 0.29) is 11.7 Å². The third-order valence-electron chi connectivity index (χ3n) is 5.27. The zero-order chi connectivity index (χ0) is 20.4. The number of hydrogen-bond acceptors (Lipinski definition) is 6. The summed E-state index contributed by atoms with van der Waals surface area (Å²) < 4.78 is 18.4. The summed E-state index contributed by atoms with van der Waals surface area (Å²) in [6.45, 7) is 2.87. The maximum Gasteiger partial charge on any atom is 0.246 e. The van der Waals surface area contributed by atoms with Gasteiger partial charge in [-0.3, -0.25) is 4.79 Å². The molecule has 0 atom stereocenters. The zero-order valence-corrected chi connectivity index (χ0v) is 16.5. The van der Waals surface area contributed by atoms with Gasteiger partial charge in [0.2, 0.25) is 11.9 Å². The van der Waals surface area contributed by atoms with Gasteiger partial charge in [0, 0.05) is 19.6 Å². The molecule has 7 nitrogen and oxygen atoms in total. The van der Waals surface area contributed by atoms with Crippen LogP contribution in [0.2, 0.25) is 0 Å². The molecule has 1 aromatic carbocycles. The van der Waals surface area contributed by atoms with Crippen molar-refractivity contribution in [3.8, 4) is 5.75 Å². The Kier molecular flexibility index (Phi) is 5.33. The Balaban J connectivity index is 1.30. The van der Waals surface area contributed by atoms with E-state index in [2.05, 4.69) is 15.3 Å². The Morgan fingerprint density at radius 2 is 2.07 bits per heavy atom. The first kappa shape index (κ1) is 19.2. The number of likely N-dealkylation sites (N-methyl/N-ethyl adjacent to an activating group) is 2. The Morgan fingerprint density at radius 3 is 2.79 bits per heavy atom. The largest absolute Gasteiger partial charge is 0.465 e. The molecule has 4 rings (SSSR count). The van der Waals surface area contributed by atoms with Crippen LogP contribution in [0.5, 0.6) is 5.75 Å². The van der Waals surface area contributed by atoms with Crippen molar-refractivity contribution in [3.63, 3.8) is 0 Å². The molecule has 2 aromatic rings. The predicted molar refractivity (Wildman–Crippen MR) is 110 cm³/mol. The van der Waals surface area contributed by atoms with Crippen LogP contribution >= 0.6 is 0 Å². The lowest BCUT2D eigenvalue weighted by molar-refractivity contribution is -0.117. The van der Waals surface area contributed by atoms with Gasteiger partial charge in [0.25, 0.3) is 0 Å². The third kappa shape index (κ3) is 4.16. The van der Waals surface area contributed by atoms with Gasteiger partial charge in [-0.25, -0.2) is 9.37 Å². The fourth-order valence-corrected chi connectivity index (χ4v) is 3.61. The standard InChI is InChI=1S/C21H24FN5O2/c1-3-27-18-12-23-21(25-20(18)26(2)13-19(27)28)24-16-10-14(11-16)8-9-29-17-6-4-15(22)5-7-17/h4-9,12,14,16H,3,10-11,13H2,1-2H3,(H,23,24,25)/b9-8-. The predicted octanol–water partition coefficient (Wildman–Crippen LogP) is 3.20. The number of rotatable bonds is 6. The number of carbonyl (C=O) groups excluding carboxylic acids is 1. The van der Waals surface area contributed by atoms with Gasteiger partial charge in [-0.05, 0) is 56.0 Å². The molecule has 8 heteroatoms. The molecular weight excluding hydrogens is 373 g/mol. The van der Waals surface area contributed by atoms with Gasteiger partial charge >= 0.3 is 0 Å². The van der Waals surface area contributed by atoms with Gasteiger partial charge < -0.3 is 19.9 Å². The summed E-state index contributed by atoms with van der Waals surface area (Å²) in [6, 6.07) is 6.24. The van der Waals surface area contributed by atoms with Gasteiger partial charge in [-0.15, -0.1) is 0 Å². The van der Waals surface area contributed by atoms with Crippen molar-refractivity contribution in [1.29, 1.82) is 0 Å². The molecule has 1 saturated carbocycles. The van der Waals surface area contributed by atoms with Crippen LogP contribution in [0.4, 0.5) is 21.8 Å². The minimum atomic E-state index is -0.279. The summed E-state index contributed by atoms with van der Waals surface area (Å²) in [5.41, 5.74) is 0.754. The number of ether oxygens (including phenoxy) is 1. The number of hydrogen-bond donors (Lipinski definition) is 1. The highest BCUT2D eigenvalue weighted by atomic mass is 19.1. The van der Waals surface area contributed by atoms with E-state index in [0.717, 1.165) is 24.3 Å². The number of nitrogens with zero attached hydrogens (tertiary/aromatic N) is 4. The number of aromatic nitrogens is 2. The van der Waals surface area contributed by atoms with E-state index in [1.54, 1.807) is 29.5 Å². The van der Waals surface area contributed by atoms with Crippen molar-refractivity contribution in [2.75, 3.05) is 35.3 Å². The van der Waals surface area contributed by atoms with E-state index in [0.29, 0.717) is 36.7 Å². The quantitative estimate of drug-likeness (QED) is 0.755. The highest BCUT2D eigenvalue weighted by Gasteiger charge is 2.30. The molecule has 1 aliphatic carbocycles. The molecule has 2 aliphatic rings. The number of amides is 1. The van der Waals surface area contributed by atoms with Gasteiger partial charge in [-0.1, -0.05) is 0 Å². The average Bonchev–Trinajstić information content (AvgIpc) is 2.68. The van der Waals surface area contributed by atoms with Crippen LogP contribution in [-0.4, -0.2) is 42.1 Å². The molecular formula is C21H24FN5O2. The Hall–Kier alpha value is -3.16. The van der Waals surface area contributed by atoms with Gasteiger partial charge in [0.05, 0.1) is 19.0 Å². The Morgan fingerprint density at radius 1 is 1.31 bits per heavy atom. The van der Waals surface area contributed by atoms with Crippen LogP contribution in [0.3, 0.4) is 0 Å². The summed E-state index contributed by atoms with van der Waals surface area (Å²) in [4.78, 5) is 24.7. The van der Waals surface area contributed by atoms with Crippen LogP contribution < -0.4 is 19.9 Å². The van der Waals surface area contributed by atoms with Crippen molar-refractivity contribution >= 4 is 23.4 Å². The van der Waals surface area contributed by atoms with Crippen molar-refractivity contribution < 1.29 is 13.9 Å². The van der Waals surface area contributed by atoms with E-state index < -0.39 is 0 Å². The molecule has 152 valence electrons. The highest BCUT2D eigenvalue weighted by molar-refractivity contribution is 6.02. The Bertz CT molecular complexity index is 912. The second-order valence-corrected chi connectivity index (χ2v) is 7.37. The molecule has 2 heterocycles. The zero-order valence-electron chi connectivity index (χ0n) is 16.5. The molecule has 0 unspecified atom stereocenters. The fraction of sp³-hybridized carbons (Fsp3) is 0.381. The minimum absolute atomic E-state index is 0.0586. The lowest BCUT2D eigenvalue weighted by atomic mass is 9.80. The van der Waals surface area contributed by atoms with Crippen LogP contribution in [-0.2, 0) is 4.79 Å². The van der Waals surface area contributed by atoms with Crippen LogP contribution in [0.25, 0.3) is 0 Å². The molecule has 29 heavy (non-hydrogen) atoms. The van der Waals surface area contributed by atoms with E-state index in [4.69, 9.17) is 4.74 Å². The van der Waals surface area contributed by atoms with Gasteiger partial charge in [0.1, 0.15) is 17.3 Å². The number of allylic oxidation sites excluding steroid dienone is 1. The molecule has 0 saturated heterocycles. The second kappa shape index (κ2) is 8.06. The number of anilines is 3. The number of nitrogens with one attached hydrogen (secondary N) is 1. The van der Waals surface area contributed by atoms with Gasteiger partial charge in [-0.2, -0.15) is 4.98 Å². The van der Waals surface area contributed by atoms with E-state index in [1.165, 1.54) is 12.1 Å².